The molecule has 3 aromatic carbocycles. The lowest BCUT2D eigenvalue weighted by Gasteiger charge is -2.43. The van der Waals surface area contributed by atoms with E-state index in [1.54, 1.807) is 11.3 Å². The molecule has 0 amide bonds. The van der Waals surface area contributed by atoms with E-state index in [2.05, 4.69) is 72.3 Å². The average molecular weight is 479 g/mol. The number of rotatable bonds is 4. The number of hydrogen-bond acceptors (Lipinski definition) is 2. The minimum absolute atomic E-state index is 0.0908. The van der Waals surface area contributed by atoms with Gasteiger partial charge in [-0.3, -0.25) is 4.57 Å². The summed E-state index contributed by atoms with van der Waals surface area (Å²) < 4.78 is 2.36. The lowest BCUT2D eigenvalue weighted by molar-refractivity contribution is 0.289. The Balaban J connectivity index is 1.78. The summed E-state index contributed by atoms with van der Waals surface area (Å²) in [5, 5.41) is 3.49. The van der Waals surface area contributed by atoms with Gasteiger partial charge in [0.15, 0.2) is 4.80 Å². The second-order valence-electron chi connectivity index (χ2n) is 8.49. The molecule has 5 heteroatoms. The van der Waals surface area contributed by atoms with E-state index in [-0.39, 0.29) is 5.41 Å². The Morgan fingerprint density at radius 1 is 0.875 bits per heavy atom. The van der Waals surface area contributed by atoms with Crippen molar-refractivity contribution < 1.29 is 0 Å². The molecule has 1 aliphatic carbocycles. The number of para-hydroxylation sites is 2. The van der Waals surface area contributed by atoms with Crippen LogP contribution < -0.4 is 4.80 Å². The molecular formula is C27H24Cl2N2S. The maximum Gasteiger partial charge on any atom is 0.194 e. The zero-order valence-corrected chi connectivity index (χ0v) is 20.4. The van der Waals surface area contributed by atoms with E-state index in [1.807, 2.05) is 18.2 Å². The number of benzene rings is 3. The molecule has 5 rings (SSSR count). The summed E-state index contributed by atoms with van der Waals surface area (Å²) in [6.45, 7) is 4.27. The highest BCUT2D eigenvalue weighted by atomic mass is 35.5. The molecule has 162 valence electrons. The quantitative estimate of drug-likeness (QED) is 0.281. The molecule has 1 fully saturated rings. The fourth-order valence-electron chi connectivity index (χ4n) is 4.58. The summed E-state index contributed by atoms with van der Waals surface area (Å²) in [6, 6.07) is 22.9. The second kappa shape index (κ2) is 8.55. The van der Waals surface area contributed by atoms with E-state index in [9.17, 15) is 0 Å². The van der Waals surface area contributed by atoms with E-state index in [0.29, 0.717) is 10.0 Å². The highest BCUT2D eigenvalue weighted by Gasteiger charge is 2.43. The van der Waals surface area contributed by atoms with Crippen molar-refractivity contribution in [1.29, 1.82) is 0 Å². The Labute approximate surface area is 202 Å². The molecule has 4 aromatic rings. The number of aryl methyl sites for hydroxylation is 2. The molecule has 0 N–H and O–H groups in total. The Morgan fingerprint density at radius 3 is 2.25 bits per heavy atom. The third-order valence-corrected chi connectivity index (χ3v) is 8.13. The number of thiazole rings is 1. The zero-order chi connectivity index (χ0) is 22.3. The molecule has 0 unspecified atom stereocenters. The van der Waals surface area contributed by atoms with Crippen LogP contribution in [0.15, 0.2) is 77.1 Å². The van der Waals surface area contributed by atoms with Crippen LogP contribution in [0.25, 0.3) is 5.69 Å². The van der Waals surface area contributed by atoms with Crippen molar-refractivity contribution in [1.82, 2.24) is 4.57 Å². The summed E-state index contributed by atoms with van der Waals surface area (Å²) >= 11 is 14.4. The van der Waals surface area contributed by atoms with E-state index >= 15 is 0 Å². The van der Waals surface area contributed by atoms with E-state index in [1.165, 1.54) is 34.5 Å². The highest BCUT2D eigenvalue weighted by molar-refractivity contribution is 7.07. The summed E-state index contributed by atoms with van der Waals surface area (Å²) in [5.41, 5.74) is 6.97. The molecule has 0 spiro atoms. The SMILES string of the molecule is Cc1ccccc1N=c1scc(C2(c3ccc(Cl)c(Cl)c3)CCC2)n1-c1ccccc1C. The van der Waals surface area contributed by atoms with Crippen molar-refractivity contribution in [2.24, 2.45) is 4.99 Å². The van der Waals surface area contributed by atoms with Gasteiger partial charge in [0.1, 0.15) is 0 Å². The van der Waals surface area contributed by atoms with E-state index in [4.69, 9.17) is 28.2 Å². The summed E-state index contributed by atoms with van der Waals surface area (Å²) in [6.07, 6.45) is 3.35. The fourth-order valence-corrected chi connectivity index (χ4v) is 5.88. The minimum Gasteiger partial charge on any atom is -0.288 e. The van der Waals surface area contributed by atoms with Gasteiger partial charge in [0.2, 0.25) is 0 Å². The van der Waals surface area contributed by atoms with Gasteiger partial charge in [-0.25, -0.2) is 4.99 Å². The monoisotopic (exact) mass is 478 g/mol. The largest absolute Gasteiger partial charge is 0.288 e. The molecule has 2 nitrogen and oxygen atoms in total. The Kier molecular flexibility index (Phi) is 5.75. The molecule has 32 heavy (non-hydrogen) atoms. The van der Waals surface area contributed by atoms with Crippen molar-refractivity contribution >= 4 is 40.2 Å². The van der Waals surface area contributed by atoms with Crippen LogP contribution in [0.2, 0.25) is 10.0 Å². The van der Waals surface area contributed by atoms with Gasteiger partial charge in [-0.15, -0.1) is 11.3 Å². The van der Waals surface area contributed by atoms with Gasteiger partial charge in [0.25, 0.3) is 0 Å². The maximum atomic E-state index is 6.45. The molecular weight excluding hydrogens is 455 g/mol. The van der Waals surface area contributed by atoms with E-state index in [0.717, 1.165) is 23.3 Å². The summed E-state index contributed by atoms with van der Waals surface area (Å²) in [5.74, 6) is 0. The molecule has 0 saturated heterocycles. The van der Waals surface area contributed by atoms with Crippen molar-refractivity contribution in [2.75, 3.05) is 0 Å². The zero-order valence-electron chi connectivity index (χ0n) is 18.1. The standard InChI is InChI=1S/C27H24Cl2N2S/c1-18-8-3-5-10-23(18)30-26-31(24-11-6-4-9-19(24)2)25(17-32-26)27(14-7-15-27)20-12-13-21(28)22(29)16-20/h3-6,8-13,16-17H,7,14-15H2,1-2H3. The van der Waals surface area contributed by atoms with Crippen LogP contribution in [0.3, 0.4) is 0 Å². The van der Waals surface area contributed by atoms with Gasteiger partial charge >= 0.3 is 0 Å². The first kappa shape index (κ1) is 21.5. The number of nitrogens with zero attached hydrogens (tertiary/aromatic N) is 2. The van der Waals surface area contributed by atoms with Crippen LogP contribution in [0.1, 0.15) is 41.6 Å². The summed E-state index contributed by atoms with van der Waals surface area (Å²) in [7, 11) is 0. The Morgan fingerprint density at radius 2 is 1.59 bits per heavy atom. The van der Waals surface area contributed by atoms with Crippen LogP contribution in [-0.2, 0) is 5.41 Å². The predicted octanol–water partition coefficient (Wildman–Crippen LogP) is 8.16. The van der Waals surface area contributed by atoms with Gasteiger partial charge in [0, 0.05) is 16.5 Å². The van der Waals surface area contributed by atoms with Crippen LogP contribution in [0.5, 0.6) is 0 Å². The van der Waals surface area contributed by atoms with Crippen LogP contribution >= 0.6 is 34.5 Å². The molecule has 0 radical (unpaired) electrons. The smallest absolute Gasteiger partial charge is 0.194 e. The topological polar surface area (TPSA) is 17.3 Å². The third-order valence-electron chi connectivity index (χ3n) is 6.57. The molecule has 1 aromatic heterocycles. The fraction of sp³-hybridized carbons (Fsp3) is 0.222. The number of hydrogen-bond donors (Lipinski definition) is 0. The maximum absolute atomic E-state index is 6.45. The normalized spacial score (nSPS) is 15.6. The lowest BCUT2D eigenvalue weighted by atomic mass is 9.62. The van der Waals surface area contributed by atoms with Crippen LogP contribution in [0, 0.1) is 13.8 Å². The van der Waals surface area contributed by atoms with Gasteiger partial charge < -0.3 is 0 Å². The summed E-state index contributed by atoms with van der Waals surface area (Å²) in [4.78, 5) is 6.09. The number of aromatic nitrogens is 1. The first-order chi connectivity index (χ1) is 15.5. The molecule has 1 aliphatic rings. The molecule has 1 heterocycles. The lowest BCUT2D eigenvalue weighted by Crippen LogP contribution is -2.38. The average Bonchev–Trinajstić information content (AvgIpc) is 3.15. The van der Waals surface area contributed by atoms with Gasteiger partial charge in [0.05, 0.1) is 21.4 Å². The Hall–Kier alpha value is -2.33. The van der Waals surface area contributed by atoms with Crippen molar-refractivity contribution in [3.63, 3.8) is 0 Å². The number of halogens is 2. The van der Waals surface area contributed by atoms with Crippen molar-refractivity contribution in [3.05, 3.63) is 109 Å². The molecule has 1 saturated carbocycles. The van der Waals surface area contributed by atoms with Crippen molar-refractivity contribution in [2.45, 2.75) is 38.5 Å². The molecule has 0 atom stereocenters. The van der Waals surface area contributed by atoms with Crippen LogP contribution in [-0.4, -0.2) is 4.57 Å². The first-order valence-corrected chi connectivity index (χ1v) is 12.5. The first-order valence-electron chi connectivity index (χ1n) is 10.8. The second-order valence-corrected chi connectivity index (χ2v) is 10.1. The van der Waals surface area contributed by atoms with Crippen molar-refractivity contribution in [3.8, 4) is 5.69 Å². The van der Waals surface area contributed by atoms with Gasteiger partial charge in [-0.2, -0.15) is 0 Å². The highest BCUT2D eigenvalue weighted by Crippen LogP contribution is 2.50. The minimum atomic E-state index is -0.0908. The van der Waals surface area contributed by atoms with Gasteiger partial charge in [-0.1, -0.05) is 72.1 Å². The van der Waals surface area contributed by atoms with E-state index < -0.39 is 0 Å². The third kappa shape index (κ3) is 3.63. The van der Waals surface area contributed by atoms with Gasteiger partial charge in [-0.05, 0) is 67.6 Å². The Bertz CT molecular complexity index is 1360. The molecule has 0 bridgehead atoms. The van der Waals surface area contributed by atoms with Crippen LogP contribution in [0.4, 0.5) is 5.69 Å². The molecule has 0 aliphatic heterocycles. The predicted molar refractivity (Wildman–Crippen MR) is 136 cm³/mol.